The highest BCUT2D eigenvalue weighted by molar-refractivity contribution is 5.45. The summed E-state index contributed by atoms with van der Waals surface area (Å²) in [7, 11) is 0. The molecule has 60 valence electrons. The highest BCUT2D eigenvalue weighted by Gasteiger charge is 2.01. The van der Waals surface area contributed by atoms with E-state index in [-0.39, 0.29) is 0 Å². The Morgan fingerprint density at radius 1 is 1.45 bits per heavy atom. The average Bonchev–Trinajstić information content (AvgIpc) is 2.42. The molecule has 0 atom stereocenters. The van der Waals surface area contributed by atoms with Gasteiger partial charge in [0.05, 0.1) is 0 Å². The maximum Gasteiger partial charge on any atom is -0.00884 e. The minimum absolute atomic E-state index is 1.02. The molecule has 1 aliphatic rings. The third kappa shape index (κ3) is 3.03. The standard InChI is InChI=1S/C9H10.C2H6/c1-3-5-9-7-4-6-8(9)2;1-2/h3-6H,1-2,7H2;1-2H3/b9-5-;. The van der Waals surface area contributed by atoms with E-state index >= 15 is 0 Å². The number of allylic oxidation sites excluding steroid dienone is 6. The van der Waals surface area contributed by atoms with Gasteiger partial charge in [-0.05, 0) is 17.6 Å². The molecule has 1 rings (SSSR count). The molecule has 0 bridgehead atoms. The van der Waals surface area contributed by atoms with Gasteiger partial charge in [0.1, 0.15) is 0 Å². The average molecular weight is 148 g/mol. The molecule has 0 saturated heterocycles. The summed E-state index contributed by atoms with van der Waals surface area (Å²) < 4.78 is 0. The van der Waals surface area contributed by atoms with Gasteiger partial charge in [-0.1, -0.05) is 51.3 Å². The lowest BCUT2D eigenvalue weighted by Gasteiger charge is -1.92. The molecule has 0 aromatic carbocycles. The van der Waals surface area contributed by atoms with Crippen LogP contribution in [0, 0.1) is 0 Å². The lowest BCUT2D eigenvalue weighted by atomic mass is 10.1. The molecule has 0 unspecified atom stereocenters. The van der Waals surface area contributed by atoms with E-state index in [1.165, 1.54) is 5.57 Å². The van der Waals surface area contributed by atoms with Crippen LogP contribution in [0.15, 0.2) is 48.6 Å². The van der Waals surface area contributed by atoms with Crippen LogP contribution in [0.2, 0.25) is 0 Å². The van der Waals surface area contributed by atoms with E-state index in [1.807, 2.05) is 26.0 Å². The fraction of sp³-hybridized carbons (Fsp3) is 0.273. The maximum atomic E-state index is 3.85. The molecular weight excluding hydrogens is 132 g/mol. The van der Waals surface area contributed by atoms with Crippen molar-refractivity contribution in [2.75, 3.05) is 0 Å². The summed E-state index contributed by atoms with van der Waals surface area (Å²) in [5, 5.41) is 0. The topological polar surface area (TPSA) is 0 Å². The van der Waals surface area contributed by atoms with E-state index in [0.717, 1.165) is 12.0 Å². The Bertz CT molecular complexity index is 192. The third-order valence-corrected chi connectivity index (χ3v) is 1.39. The largest absolute Gasteiger partial charge is 0.0991 e. The molecule has 0 nitrogen and oxygen atoms in total. The van der Waals surface area contributed by atoms with Crippen LogP contribution in [-0.2, 0) is 0 Å². The highest BCUT2D eigenvalue weighted by Crippen LogP contribution is 2.20. The Hall–Kier alpha value is -1.04. The summed E-state index contributed by atoms with van der Waals surface area (Å²) in [5.41, 5.74) is 2.40. The lowest BCUT2D eigenvalue weighted by molar-refractivity contribution is 1.32. The summed E-state index contributed by atoms with van der Waals surface area (Å²) in [4.78, 5) is 0. The van der Waals surface area contributed by atoms with Crippen molar-refractivity contribution in [1.29, 1.82) is 0 Å². The third-order valence-electron chi connectivity index (χ3n) is 1.39. The van der Waals surface area contributed by atoms with E-state index in [1.54, 1.807) is 6.08 Å². The Balaban J connectivity index is 0.000000461. The molecule has 0 amide bonds. The van der Waals surface area contributed by atoms with E-state index in [2.05, 4.69) is 19.2 Å². The quantitative estimate of drug-likeness (QED) is 0.532. The summed E-state index contributed by atoms with van der Waals surface area (Å²) in [6, 6.07) is 0. The highest BCUT2D eigenvalue weighted by atomic mass is 14.1. The first kappa shape index (κ1) is 9.96. The first-order valence-electron chi connectivity index (χ1n) is 4.02. The van der Waals surface area contributed by atoms with Crippen LogP contribution in [-0.4, -0.2) is 0 Å². The van der Waals surface area contributed by atoms with Crippen LogP contribution >= 0.6 is 0 Å². The van der Waals surface area contributed by atoms with Gasteiger partial charge in [0.2, 0.25) is 0 Å². The summed E-state index contributed by atoms with van der Waals surface area (Å²) in [6.07, 6.45) is 8.97. The van der Waals surface area contributed by atoms with Crippen molar-refractivity contribution >= 4 is 0 Å². The first-order valence-corrected chi connectivity index (χ1v) is 4.02. The van der Waals surface area contributed by atoms with Crippen molar-refractivity contribution in [3.63, 3.8) is 0 Å². The zero-order valence-corrected chi connectivity index (χ0v) is 7.43. The van der Waals surface area contributed by atoms with Crippen molar-refractivity contribution in [3.05, 3.63) is 48.6 Å². The summed E-state index contributed by atoms with van der Waals surface area (Å²) in [6.45, 7) is 11.5. The lowest BCUT2D eigenvalue weighted by Crippen LogP contribution is -1.73. The van der Waals surface area contributed by atoms with Crippen molar-refractivity contribution in [1.82, 2.24) is 0 Å². The Labute approximate surface area is 69.6 Å². The summed E-state index contributed by atoms with van der Waals surface area (Å²) in [5.74, 6) is 0. The second-order valence-electron chi connectivity index (χ2n) is 2.06. The van der Waals surface area contributed by atoms with Crippen LogP contribution in [0.25, 0.3) is 0 Å². The van der Waals surface area contributed by atoms with Gasteiger partial charge in [-0.3, -0.25) is 0 Å². The SMILES string of the molecule is C=C/C=C1/CC=CC1=C.CC. The normalized spacial score (nSPS) is 18.0. The minimum atomic E-state index is 1.02. The molecule has 0 aromatic rings. The predicted octanol–water partition coefficient (Wildman–Crippen LogP) is 3.64. The molecule has 0 heteroatoms. The zero-order valence-electron chi connectivity index (χ0n) is 7.43. The molecule has 11 heavy (non-hydrogen) atoms. The number of rotatable bonds is 1. The molecule has 0 radical (unpaired) electrons. The smallest absolute Gasteiger partial charge is 0.00884 e. The van der Waals surface area contributed by atoms with Gasteiger partial charge in [0.15, 0.2) is 0 Å². The van der Waals surface area contributed by atoms with Crippen molar-refractivity contribution in [2.45, 2.75) is 20.3 Å². The fourth-order valence-electron chi connectivity index (χ4n) is 0.884. The van der Waals surface area contributed by atoms with E-state index in [4.69, 9.17) is 0 Å². The predicted molar refractivity (Wildman–Crippen MR) is 52.5 cm³/mol. The number of hydrogen-bond acceptors (Lipinski definition) is 0. The van der Waals surface area contributed by atoms with Gasteiger partial charge in [-0.15, -0.1) is 0 Å². The van der Waals surface area contributed by atoms with Gasteiger partial charge in [0, 0.05) is 0 Å². The summed E-state index contributed by atoms with van der Waals surface area (Å²) >= 11 is 0. The molecule has 1 aliphatic carbocycles. The Morgan fingerprint density at radius 3 is 2.45 bits per heavy atom. The van der Waals surface area contributed by atoms with E-state index in [9.17, 15) is 0 Å². The maximum absolute atomic E-state index is 3.85. The molecule has 0 fully saturated rings. The molecule has 0 N–H and O–H groups in total. The van der Waals surface area contributed by atoms with Gasteiger partial charge >= 0.3 is 0 Å². The molecule has 0 aliphatic heterocycles. The van der Waals surface area contributed by atoms with Gasteiger partial charge in [0.25, 0.3) is 0 Å². The molecule has 0 heterocycles. The second-order valence-corrected chi connectivity index (χ2v) is 2.06. The first-order chi connectivity index (χ1) is 5.34. The van der Waals surface area contributed by atoms with Crippen LogP contribution in [0.3, 0.4) is 0 Å². The van der Waals surface area contributed by atoms with Crippen LogP contribution < -0.4 is 0 Å². The van der Waals surface area contributed by atoms with Crippen LogP contribution in [0.5, 0.6) is 0 Å². The molecule has 0 spiro atoms. The van der Waals surface area contributed by atoms with E-state index < -0.39 is 0 Å². The monoisotopic (exact) mass is 148 g/mol. The Kier molecular flexibility index (Phi) is 5.18. The van der Waals surface area contributed by atoms with Gasteiger partial charge < -0.3 is 0 Å². The van der Waals surface area contributed by atoms with Crippen LogP contribution in [0.1, 0.15) is 20.3 Å². The molecular formula is C11H16. The van der Waals surface area contributed by atoms with E-state index in [0.29, 0.717) is 0 Å². The van der Waals surface area contributed by atoms with Crippen molar-refractivity contribution in [2.24, 2.45) is 0 Å². The number of hydrogen-bond donors (Lipinski definition) is 0. The van der Waals surface area contributed by atoms with Gasteiger partial charge in [-0.2, -0.15) is 0 Å². The minimum Gasteiger partial charge on any atom is -0.0991 e. The Morgan fingerprint density at radius 2 is 2.09 bits per heavy atom. The zero-order chi connectivity index (χ0) is 8.69. The fourth-order valence-corrected chi connectivity index (χ4v) is 0.884. The van der Waals surface area contributed by atoms with Gasteiger partial charge in [-0.25, -0.2) is 0 Å². The van der Waals surface area contributed by atoms with Crippen LogP contribution in [0.4, 0.5) is 0 Å². The second kappa shape index (κ2) is 5.72. The van der Waals surface area contributed by atoms with Crippen molar-refractivity contribution < 1.29 is 0 Å². The molecule has 0 aromatic heterocycles. The van der Waals surface area contributed by atoms with Crippen molar-refractivity contribution in [3.8, 4) is 0 Å². The molecule has 0 saturated carbocycles.